The molecule has 1 aromatic rings. The minimum atomic E-state index is -4.38. The molecule has 5 heteroatoms. The first-order valence-electron chi connectivity index (χ1n) is 6.88. The van der Waals surface area contributed by atoms with E-state index in [1.807, 2.05) is 38.1 Å². The molecule has 1 aromatic carbocycles. The van der Waals surface area contributed by atoms with Crippen LogP contribution in [0.3, 0.4) is 0 Å². The van der Waals surface area contributed by atoms with Crippen molar-refractivity contribution in [1.82, 2.24) is 0 Å². The van der Waals surface area contributed by atoms with Crippen LogP contribution in [-0.4, -0.2) is 28.6 Å². The number of hydrogen-bond acceptors (Lipinski definition) is 3. The highest BCUT2D eigenvalue weighted by atomic mass is 32.2. The van der Waals surface area contributed by atoms with E-state index in [4.69, 9.17) is 0 Å². The van der Waals surface area contributed by atoms with Gasteiger partial charge < -0.3 is 4.55 Å². The van der Waals surface area contributed by atoms with Gasteiger partial charge in [-0.1, -0.05) is 25.1 Å². The summed E-state index contributed by atoms with van der Waals surface area (Å²) in [5, 5.41) is -1.02. The van der Waals surface area contributed by atoms with E-state index in [1.165, 1.54) is 0 Å². The molecule has 0 fully saturated rings. The highest BCUT2D eigenvalue weighted by Crippen LogP contribution is 2.41. The molecule has 0 amide bonds. The van der Waals surface area contributed by atoms with Crippen molar-refractivity contribution in [3.05, 3.63) is 29.8 Å². The molecule has 0 aromatic heterocycles. The summed E-state index contributed by atoms with van der Waals surface area (Å²) in [4.78, 5) is 0. The molecule has 0 saturated carbocycles. The van der Waals surface area contributed by atoms with Gasteiger partial charge in [-0.15, -0.1) is 0 Å². The maximum absolute atomic E-state index is 11.7. The molecule has 0 aliphatic carbocycles. The number of rotatable bonds is 4. The first kappa shape index (κ1) is 15.2. The second-order valence-electron chi connectivity index (χ2n) is 5.83. The first-order chi connectivity index (χ1) is 9.21. The summed E-state index contributed by atoms with van der Waals surface area (Å²) in [7, 11) is -4.38. The zero-order valence-electron chi connectivity index (χ0n) is 12.4. The van der Waals surface area contributed by atoms with Crippen LogP contribution in [0.4, 0.5) is 5.69 Å². The zero-order chi connectivity index (χ0) is 15.1. The summed E-state index contributed by atoms with van der Waals surface area (Å²) in [5.74, 6) is 0. The number of nitrogens with zero attached hydrogens (tertiary/aromatic N) is 1. The summed E-state index contributed by atoms with van der Waals surface area (Å²) < 4.78 is 36.7. The lowest BCUT2D eigenvalue weighted by Gasteiger charge is -2.19. The van der Waals surface area contributed by atoms with Crippen LogP contribution in [0.1, 0.15) is 46.1 Å². The van der Waals surface area contributed by atoms with Gasteiger partial charge in [0.25, 0.3) is 0 Å². The zero-order valence-corrected chi connectivity index (χ0v) is 13.2. The molecule has 20 heavy (non-hydrogen) atoms. The van der Waals surface area contributed by atoms with Crippen molar-refractivity contribution in [3.8, 4) is 0 Å². The summed E-state index contributed by atoms with van der Waals surface area (Å²) in [5.41, 5.74) is 2.57. The summed E-state index contributed by atoms with van der Waals surface area (Å²) >= 11 is 0. The van der Waals surface area contributed by atoms with Gasteiger partial charge in [-0.25, -0.2) is 8.42 Å². The van der Waals surface area contributed by atoms with Crippen molar-refractivity contribution in [3.63, 3.8) is 0 Å². The van der Waals surface area contributed by atoms with Crippen LogP contribution in [0, 0.1) is 0 Å². The van der Waals surface area contributed by atoms with Crippen LogP contribution in [0.5, 0.6) is 0 Å². The first-order valence-corrected chi connectivity index (χ1v) is 8.36. The minimum absolute atomic E-state index is 0.257. The number of fused-ring (bicyclic) bond motifs is 1. The lowest BCUT2D eigenvalue weighted by atomic mass is 9.82. The van der Waals surface area contributed by atoms with Crippen molar-refractivity contribution >= 4 is 21.5 Å². The molecule has 1 aliphatic heterocycles. The second-order valence-corrected chi connectivity index (χ2v) is 7.36. The molecule has 110 valence electrons. The molecule has 1 heterocycles. The Labute approximate surface area is 120 Å². The molecule has 1 unspecified atom stereocenters. The molecular weight excluding hydrogens is 274 g/mol. The Morgan fingerprint density at radius 2 is 1.90 bits per heavy atom. The Morgan fingerprint density at radius 1 is 1.30 bits per heavy atom. The number of para-hydroxylation sites is 1. The van der Waals surface area contributed by atoms with Gasteiger partial charge in [0.05, 0.1) is 5.41 Å². The van der Waals surface area contributed by atoms with Crippen LogP contribution in [0.15, 0.2) is 24.3 Å². The van der Waals surface area contributed by atoms with Gasteiger partial charge in [-0.3, -0.25) is 0 Å². The molecule has 0 radical (unpaired) electrons. The van der Waals surface area contributed by atoms with Gasteiger partial charge in [0.1, 0.15) is 0 Å². The van der Waals surface area contributed by atoms with Crippen LogP contribution in [-0.2, 0) is 15.5 Å². The average Bonchev–Trinajstić information content (AvgIpc) is 2.55. The minimum Gasteiger partial charge on any atom is -0.743 e. The SMILES string of the molecule is CCCC([N+]1=C(C)C(C)(C)c2ccccc21)S(=O)(=O)[O-]. The molecule has 0 N–H and O–H groups in total. The predicted molar refractivity (Wildman–Crippen MR) is 78.5 cm³/mol. The monoisotopic (exact) mass is 295 g/mol. The molecule has 4 nitrogen and oxygen atoms in total. The largest absolute Gasteiger partial charge is 0.743 e. The van der Waals surface area contributed by atoms with Gasteiger partial charge in [0.2, 0.25) is 11.1 Å². The predicted octanol–water partition coefficient (Wildman–Crippen LogP) is 2.75. The summed E-state index contributed by atoms with van der Waals surface area (Å²) in [6.45, 7) is 7.91. The maximum atomic E-state index is 11.7. The average molecular weight is 295 g/mol. The molecule has 0 saturated heterocycles. The highest BCUT2D eigenvalue weighted by molar-refractivity contribution is 7.86. The molecule has 0 bridgehead atoms. The van der Waals surface area contributed by atoms with Gasteiger partial charge in [-0.2, -0.15) is 4.58 Å². The number of hydrogen-bond donors (Lipinski definition) is 0. The summed E-state index contributed by atoms with van der Waals surface area (Å²) in [6, 6.07) is 7.71. The number of benzene rings is 1. The highest BCUT2D eigenvalue weighted by Gasteiger charge is 2.46. The third-order valence-corrected chi connectivity index (χ3v) is 5.37. The van der Waals surface area contributed by atoms with E-state index in [0.717, 1.165) is 17.0 Å². The van der Waals surface area contributed by atoms with E-state index in [2.05, 4.69) is 13.8 Å². The van der Waals surface area contributed by atoms with Crippen LogP contribution >= 0.6 is 0 Å². The van der Waals surface area contributed by atoms with Crippen molar-refractivity contribution in [2.75, 3.05) is 0 Å². The van der Waals surface area contributed by atoms with Crippen molar-refractivity contribution in [2.24, 2.45) is 0 Å². The Bertz CT molecular complexity index is 659. The van der Waals surface area contributed by atoms with Gasteiger partial charge >= 0.3 is 0 Å². The van der Waals surface area contributed by atoms with E-state index in [0.29, 0.717) is 12.8 Å². The van der Waals surface area contributed by atoms with E-state index in [-0.39, 0.29) is 5.41 Å². The summed E-state index contributed by atoms with van der Waals surface area (Å²) in [6.07, 6.45) is 0.992. The molecule has 0 spiro atoms. The quantitative estimate of drug-likeness (QED) is 0.634. The van der Waals surface area contributed by atoms with E-state index < -0.39 is 15.5 Å². The third kappa shape index (κ3) is 2.29. The van der Waals surface area contributed by atoms with Crippen LogP contribution in [0.25, 0.3) is 0 Å². The Kier molecular flexibility index (Phi) is 3.77. The van der Waals surface area contributed by atoms with E-state index >= 15 is 0 Å². The van der Waals surface area contributed by atoms with Gasteiger partial charge in [0.15, 0.2) is 15.8 Å². The Hall–Kier alpha value is -1.20. The normalized spacial score (nSPS) is 19.1. The van der Waals surface area contributed by atoms with Crippen molar-refractivity contribution in [1.29, 1.82) is 0 Å². The lowest BCUT2D eigenvalue weighted by molar-refractivity contribution is -0.459. The third-order valence-electron chi connectivity index (χ3n) is 4.26. The Balaban J connectivity index is 2.69. The standard InChI is InChI=1S/C15H21NO3S/c1-5-8-14(20(17,18)19)16-11(2)15(3,4)12-9-6-7-10-13(12)16/h6-7,9-10,14H,5,8H2,1-4H3. The van der Waals surface area contributed by atoms with E-state index in [9.17, 15) is 13.0 Å². The topological polar surface area (TPSA) is 60.2 Å². The maximum Gasteiger partial charge on any atom is 0.246 e. The lowest BCUT2D eigenvalue weighted by Crippen LogP contribution is -2.35. The van der Waals surface area contributed by atoms with Gasteiger partial charge in [-0.05, 0) is 20.3 Å². The molecule has 1 aliphatic rings. The fraction of sp³-hybridized carbons (Fsp3) is 0.533. The molecule has 2 rings (SSSR count). The molecular formula is C15H21NO3S. The van der Waals surface area contributed by atoms with E-state index in [1.54, 1.807) is 4.58 Å². The fourth-order valence-corrected chi connectivity index (χ4v) is 3.96. The smallest absolute Gasteiger partial charge is 0.246 e. The fourth-order valence-electron chi connectivity index (χ4n) is 2.91. The van der Waals surface area contributed by atoms with Gasteiger partial charge in [0, 0.05) is 25.0 Å². The second kappa shape index (κ2) is 4.97. The molecule has 1 atom stereocenters. The van der Waals surface area contributed by atoms with Crippen LogP contribution < -0.4 is 0 Å². The van der Waals surface area contributed by atoms with Crippen LogP contribution in [0.2, 0.25) is 0 Å². The van der Waals surface area contributed by atoms with Crippen molar-refractivity contribution in [2.45, 2.75) is 51.3 Å². The van der Waals surface area contributed by atoms with Crippen molar-refractivity contribution < 1.29 is 17.5 Å². The Morgan fingerprint density at radius 3 is 2.45 bits per heavy atom.